The van der Waals surface area contributed by atoms with Gasteiger partial charge in [0.1, 0.15) is 0 Å². The van der Waals surface area contributed by atoms with Crippen molar-refractivity contribution in [2.45, 2.75) is 12.8 Å². The van der Waals surface area contributed by atoms with E-state index in [0.29, 0.717) is 6.42 Å². The highest BCUT2D eigenvalue weighted by molar-refractivity contribution is 9.09. The fourth-order valence-electron chi connectivity index (χ4n) is 1.14. The zero-order chi connectivity index (χ0) is 12.5. The zero-order valence-corrected chi connectivity index (χ0v) is 10.9. The van der Waals surface area contributed by atoms with Crippen molar-refractivity contribution < 1.29 is 14.3 Å². The molecule has 0 spiro atoms. The van der Waals surface area contributed by atoms with Crippen molar-refractivity contribution in [1.29, 1.82) is 0 Å². The Kier molecular flexibility index (Phi) is 6.25. The van der Waals surface area contributed by atoms with Crippen molar-refractivity contribution in [1.82, 2.24) is 0 Å². The maximum absolute atomic E-state index is 11.2. The van der Waals surface area contributed by atoms with E-state index in [2.05, 4.69) is 20.7 Å². The number of hydrogen-bond donors (Lipinski definition) is 0. The van der Waals surface area contributed by atoms with Crippen LogP contribution in [0.2, 0.25) is 0 Å². The van der Waals surface area contributed by atoms with Gasteiger partial charge in [0.25, 0.3) is 0 Å². The van der Waals surface area contributed by atoms with Crippen molar-refractivity contribution >= 4 is 33.9 Å². The average Bonchev–Trinajstić information content (AvgIpc) is 2.35. The summed E-state index contributed by atoms with van der Waals surface area (Å²) in [5, 5.41) is 0.718. The maximum Gasteiger partial charge on any atom is 0.338 e. The molecule has 0 saturated heterocycles. The van der Waals surface area contributed by atoms with E-state index in [1.807, 2.05) is 30.3 Å². The van der Waals surface area contributed by atoms with Crippen LogP contribution in [0.25, 0.3) is 6.08 Å². The van der Waals surface area contributed by atoms with Gasteiger partial charge in [0.2, 0.25) is 0 Å². The van der Waals surface area contributed by atoms with Crippen LogP contribution in [0.15, 0.2) is 36.4 Å². The van der Waals surface area contributed by atoms with Crippen LogP contribution in [0.4, 0.5) is 0 Å². The molecular weight excluding hydrogens is 284 g/mol. The third-order valence-electron chi connectivity index (χ3n) is 1.94. The topological polar surface area (TPSA) is 43.4 Å². The fourth-order valence-corrected chi connectivity index (χ4v) is 1.42. The molecule has 90 valence electrons. The first-order valence-electron chi connectivity index (χ1n) is 5.26. The monoisotopic (exact) mass is 296 g/mol. The predicted molar refractivity (Wildman–Crippen MR) is 69.6 cm³/mol. The van der Waals surface area contributed by atoms with Crippen LogP contribution in [-0.4, -0.2) is 17.3 Å². The zero-order valence-electron chi connectivity index (χ0n) is 9.27. The van der Waals surface area contributed by atoms with Crippen molar-refractivity contribution in [3.8, 4) is 0 Å². The number of ether oxygens (including phenoxy) is 1. The Morgan fingerprint density at radius 1 is 1.24 bits per heavy atom. The van der Waals surface area contributed by atoms with Gasteiger partial charge in [-0.1, -0.05) is 46.3 Å². The summed E-state index contributed by atoms with van der Waals surface area (Å²) in [6.45, 7) is 0. The molecule has 0 saturated carbocycles. The molecular formula is C13H13BrO3. The summed E-state index contributed by atoms with van der Waals surface area (Å²) in [7, 11) is 0. The van der Waals surface area contributed by atoms with E-state index >= 15 is 0 Å². The lowest BCUT2D eigenvalue weighted by molar-refractivity contribution is -0.156. The molecule has 0 atom stereocenters. The first-order chi connectivity index (χ1) is 8.22. The van der Waals surface area contributed by atoms with Gasteiger partial charge in [-0.15, -0.1) is 0 Å². The number of hydrogen-bond acceptors (Lipinski definition) is 3. The number of halogens is 1. The van der Waals surface area contributed by atoms with Crippen molar-refractivity contribution in [3.63, 3.8) is 0 Å². The van der Waals surface area contributed by atoms with Gasteiger partial charge < -0.3 is 4.74 Å². The Balaban J connectivity index is 2.39. The highest BCUT2D eigenvalue weighted by Gasteiger charge is 2.06. The Labute approximate surface area is 109 Å². The molecule has 0 aliphatic carbocycles. The van der Waals surface area contributed by atoms with E-state index < -0.39 is 11.9 Å². The van der Waals surface area contributed by atoms with Gasteiger partial charge in [-0.05, 0) is 18.1 Å². The number of esters is 2. The standard InChI is InChI=1S/C13H13BrO3/c14-10-4-7-12(15)17-13(16)9-8-11-5-2-1-3-6-11/h1-3,5-6,8-9H,4,7,10H2/b9-8+. The van der Waals surface area contributed by atoms with Crippen LogP contribution >= 0.6 is 15.9 Å². The molecule has 17 heavy (non-hydrogen) atoms. The molecule has 1 aromatic carbocycles. The van der Waals surface area contributed by atoms with Crippen molar-refractivity contribution in [2.75, 3.05) is 5.33 Å². The second-order valence-electron chi connectivity index (χ2n) is 3.33. The Morgan fingerprint density at radius 3 is 2.59 bits per heavy atom. The van der Waals surface area contributed by atoms with Crippen molar-refractivity contribution in [3.05, 3.63) is 42.0 Å². The summed E-state index contributed by atoms with van der Waals surface area (Å²) in [4.78, 5) is 22.4. The molecule has 0 aliphatic heterocycles. The number of carbonyl (C=O) groups is 2. The van der Waals surface area contributed by atoms with E-state index in [0.717, 1.165) is 10.9 Å². The van der Waals surface area contributed by atoms with Gasteiger partial charge in [0, 0.05) is 17.8 Å². The second kappa shape index (κ2) is 7.79. The minimum absolute atomic E-state index is 0.246. The Bertz CT molecular complexity index is 398. The molecule has 1 rings (SSSR count). The summed E-state index contributed by atoms with van der Waals surface area (Å²) in [5.74, 6) is -1.12. The van der Waals surface area contributed by atoms with Crippen LogP contribution in [0.5, 0.6) is 0 Å². The number of rotatable bonds is 5. The summed E-state index contributed by atoms with van der Waals surface area (Å²) in [5.41, 5.74) is 0.886. The van der Waals surface area contributed by atoms with Gasteiger partial charge in [0.05, 0.1) is 0 Å². The quantitative estimate of drug-likeness (QED) is 0.363. The molecule has 0 amide bonds. The smallest absolute Gasteiger partial charge is 0.338 e. The van der Waals surface area contributed by atoms with Crippen LogP contribution < -0.4 is 0 Å². The van der Waals surface area contributed by atoms with Gasteiger partial charge >= 0.3 is 11.9 Å². The molecule has 0 aromatic heterocycles. The molecule has 0 radical (unpaired) electrons. The molecule has 0 heterocycles. The van der Waals surface area contributed by atoms with E-state index in [1.54, 1.807) is 6.08 Å². The lowest BCUT2D eigenvalue weighted by Gasteiger charge is -1.98. The van der Waals surface area contributed by atoms with Crippen LogP contribution in [0.1, 0.15) is 18.4 Å². The highest BCUT2D eigenvalue weighted by atomic mass is 79.9. The van der Waals surface area contributed by atoms with Crippen LogP contribution in [0.3, 0.4) is 0 Å². The number of alkyl halides is 1. The van der Waals surface area contributed by atoms with E-state index in [1.165, 1.54) is 6.08 Å². The molecule has 0 N–H and O–H groups in total. The molecule has 0 fully saturated rings. The minimum atomic E-state index is -0.631. The molecule has 0 aliphatic rings. The number of carbonyl (C=O) groups excluding carboxylic acids is 2. The van der Waals surface area contributed by atoms with E-state index in [-0.39, 0.29) is 6.42 Å². The summed E-state index contributed by atoms with van der Waals surface area (Å²) < 4.78 is 4.59. The van der Waals surface area contributed by atoms with Gasteiger partial charge in [-0.3, -0.25) is 4.79 Å². The Hall–Kier alpha value is -1.42. The summed E-state index contributed by atoms with van der Waals surface area (Å²) in [6, 6.07) is 9.34. The molecule has 1 aromatic rings. The van der Waals surface area contributed by atoms with Crippen molar-refractivity contribution in [2.24, 2.45) is 0 Å². The normalized spacial score (nSPS) is 10.4. The highest BCUT2D eigenvalue weighted by Crippen LogP contribution is 2.02. The predicted octanol–water partition coefficient (Wildman–Crippen LogP) is 2.94. The van der Waals surface area contributed by atoms with Gasteiger partial charge in [-0.25, -0.2) is 4.79 Å². The third-order valence-corrected chi connectivity index (χ3v) is 2.50. The molecule has 3 nitrogen and oxygen atoms in total. The van der Waals surface area contributed by atoms with Crippen LogP contribution in [-0.2, 0) is 14.3 Å². The molecule has 4 heteroatoms. The summed E-state index contributed by atoms with van der Waals surface area (Å²) >= 11 is 3.20. The first kappa shape index (κ1) is 13.6. The minimum Gasteiger partial charge on any atom is -0.390 e. The third kappa shape index (κ3) is 6.02. The lowest BCUT2D eigenvalue weighted by atomic mass is 10.2. The first-order valence-corrected chi connectivity index (χ1v) is 6.38. The van der Waals surface area contributed by atoms with Gasteiger partial charge in [0.15, 0.2) is 0 Å². The fraction of sp³-hybridized carbons (Fsp3) is 0.231. The van der Waals surface area contributed by atoms with E-state index in [4.69, 9.17) is 0 Å². The molecule has 0 unspecified atom stereocenters. The maximum atomic E-state index is 11.2. The second-order valence-corrected chi connectivity index (χ2v) is 4.12. The SMILES string of the molecule is O=C(/C=C/c1ccccc1)OC(=O)CCCBr. The Morgan fingerprint density at radius 2 is 1.94 bits per heavy atom. The average molecular weight is 297 g/mol. The lowest BCUT2D eigenvalue weighted by Crippen LogP contribution is -2.09. The number of benzene rings is 1. The largest absolute Gasteiger partial charge is 0.390 e. The van der Waals surface area contributed by atoms with E-state index in [9.17, 15) is 9.59 Å². The molecule has 0 bridgehead atoms. The summed E-state index contributed by atoms with van der Waals surface area (Å²) in [6.07, 6.45) is 3.77. The van der Waals surface area contributed by atoms with Gasteiger partial charge in [-0.2, -0.15) is 0 Å². The van der Waals surface area contributed by atoms with Crippen LogP contribution in [0, 0.1) is 0 Å².